The summed E-state index contributed by atoms with van der Waals surface area (Å²) < 4.78 is 5.23. The van der Waals surface area contributed by atoms with E-state index in [1.54, 1.807) is 7.11 Å². The molecule has 108 valence electrons. The van der Waals surface area contributed by atoms with Crippen molar-refractivity contribution >= 4 is 0 Å². The molecule has 0 radical (unpaired) electrons. The van der Waals surface area contributed by atoms with Crippen molar-refractivity contribution in [3.05, 3.63) is 0 Å². The predicted octanol–water partition coefficient (Wildman–Crippen LogP) is 2.51. The molecule has 18 heavy (non-hydrogen) atoms. The van der Waals surface area contributed by atoms with E-state index in [4.69, 9.17) is 4.74 Å². The van der Waals surface area contributed by atoms with Crippen LogP contribution < -0.4 is 5.32 Å². The minimum Gasteiger partial charge on any atom is -0.385 e. The Balaban J connectivity index is 2.60. The molecule has 0 aromatic carbocycles. The van der Waals surface area contributed by atoms with Gasteiger partial charge in [0.05, 0.1) is 0 Å². The summed E-state index contributed by atoms with van der Waals surface area (Å²) in [6.07, 6.45) is 2.35. The van der Waals surface area contributed by atoms with E-state index in [9.17, 15) is 0 Å². The van der Waals surface area contributed by atoms with Crippen LogP contribution in [0.15, 0.2) is 0 Å². The Bertz CT molecular complexity index is 251. The Morgan fingerprint density at radius 3 is 2.61 bits per heavy atom. The van der Waals surface area contributed by atoms with Gasteiger partial charge in [-0.2, -0.15) is 0 Å². The summed E-state index contributed by atoms with van der Waals surface area (Å²) in [5.74, 6) is 0. The van der Waals surface area contributed by atoms with Gasteiger partial charge in [0.15, 0.2) is 0 Å². The van der Waals surface area contributed by atoms with Crippen molar-refractivity contribution in [3.8, 4) is 0 Å². The average molecular weight is 256 g/mol. The van der Waals surface area contributed by atoms with E-state index in [0.717, 1.165) is 26.1 Å². The normalized spacial score (nSPS) is 25.3. The van der Waals surface area contributed by atoms with E-state index in [-0.39, 0.29) is 5.54 Å². The monoisotopic (exact) mass is 256 g/mol. The summed E-state index contributed by atoms with van der Waals surface area (Å²) >= 11 is 0. The maximum atomic E-state index is 5.23. The van der Waals surface area contributed by atoms with Crippen LogP contribution in [0.2, 0.25) is 0 Å². The third-order valence-corrected chi connectivity index (χ3v) is 4.02. The quantitative estimate of drug-likeness (QED) is 0.790. The highest BCUT2D eigenvalue weighted by Gasteiger charge is 2.34. The first-order chi connectivity index (χ1) is 8.29. The van der Waals surface area contributed by atoms with Gasteiger partial charge in [-0.1, -0.05) is 20.8 Å². The zero-order valence-corrected chi connectivity index (χ0v) is 13.2. The van der Waals surface area contributed by atoms with Gasteiger partial charge in [-0.15, -0.1) is 0 Å². The van der Waals surface area contributed by atoms with Gasteiger partial charge < -0.3 is 10.1 Å². The average Bonchev–Trinajstić information content (AvgIpc) is 2.25. The number of rotatable bonds is 6. The van der Waals surface area contributed by atoms with Crippen molar-refractivity contribution in [1.29, 1.82) is 0 Å². The molecule has 1 aliphatic rings. The molecular formula is C15H32N2O. The molecule has 1 atom stereocenters. The Hall–Kier alpha value is -0.120. The predicted molar refractivity (Wildman–Crippen MR) is 78.0 cm³/mol. The smallest absolute Gasteiger partial charge is 0.0467 e. The van der Waals surface area contributed by atoms with Crippen LogP contribution in [0.25, 0.3) is 0 Å². The van der Waals surface area contributed by atoms with Crippen LogP contribution in [0.1, 0.15) is 47.5 Å². The summed E-state index contributed by atoms with van der Waals surface area (Å²) in [7, 11) is 1.79. The molecule has 1 heterocycles. The van der Waals surface area contributed by atoms with Crippen molar-refractivity contribution in [2.45, 2.75) is 59.0 Å². The Labute approximate surface area is 113 Å². The lowest BCUT2D eigenvalue weighted by atomic mass is 9.86. The van der Waals surface area contributed by atoms with Crippen LogP contribution in [-0.4, -0.2) is 49.8 Å². The highest BCUT2D eigenvalue weighted by Crippen LogP contribution is 2.26. The minimum absolute atomic E-state index is 0.239. The molecule has 0 spiro atoms. The molecule has 1 fully saturated rings. The standard InChI is InChI=1S/C15H32N2O/c1-7-13-10-16-15(4,5)12-17(13)11-14(2,3)8-9-18-6/h13,16H,7-12H2,1-6H3. The lowest BCUT2D eigenvalue weighted by molar-refractivity contribution is 0.0444. The van der Waals surface area contributed by atoms with Crippen molar-refractivity contribution in [1.82, 2.24) is 10.2 Å². The molecule has 1 rings (SSSR count). The SMILES string of the molecule is CCC1CNC(C)(C)CN1CC(C)(C)CCOC. The molecule has 0 aromatic heterocycles. The summed E-state index contributed by atoms with van der Waals surface area (Å²) in [5, 5.41) is 3.65. The second-order valence-electron chi connectivity index (χ2n) is 7.14. The molecule has 0 aromatic rings. The van der Waals surface area contributed by atoms with Crippen molar-refractivity contribution in [2.24, 2.45) is 5.41 Å². The molecule has 0 amide bonds. The first-order valence-corrected chi connectivity index (χ1v) is 7.28. The molecule has 3 heteroatoms. The van der Waals surface area contributed by atoms with E-state index in [0.29, 0.717) is 11.5 Å². The van der Waals surface area contributed by atoms with Gasteiger partial charge >= 0.3 is 0 Å². The van der Waals surface area contributed by atoms with E-state index < -0.39 is 0 Å². The van der Waals surface area contributed by atoms with Crippen LogP contribution in [0.4, 0.5) is 0 Å². The lowest BCUT2D eigenvalue weighted by Crippen LogP contribution is -2.62. The first kappa shape index (κ1) is 15.9. The van der Waals surface area contributed by atoms with Gasteiger partial charge in [-0.05, 0) is 32.1 Å². The van der Waals surface area contributed by atoms with Gasteiger partial charge in [0, 0.05) is 44.9 Å². The largest absolute Gasteiger partial charge is 0.385 e. The van der Waals surface area contributed by atoms with Crippen LogP contribution in [0.5, 0.6) is 0 Å². The fourth-order valence-electron chi connectivity index (χ4n) is 2.81. The molecule has 0 aliphatic carbocycles. The Kier molecular flexibility index (Phi) is 5.63. The molecule has 0 saturated carbocycles. The zero-order chi connectivity index (χ0) is 13.8. The Morgan fingerprint density at radius 2 is 2.06 bits per heavy atom. The Morgan fingerprint density at radius 1 is 1.39 bits per heavy atom. The second kappa shape index (κ2) is 6.36. The molecule has 1 saturated heterocycles. The third kappa shape index (κ3) is 4.87. The van der Waals surface area contributed by atoms with Gasteiger partial charge in [0.2, 0.25) is 0 Å². The van der Waals surface area contributed by atoms with Crippen molar-refractivity contribution < 1.29 is 4.74 Å². The van der Waals surface area contributed by atoms with Gasteiger partial charge in [-0.25, -0.2) is 0 Å². The fourth-order valence-corrected chi connectivity index (χ4v) is 2.81. The van der Waals surface area contributed by atoms with E-state index in [2.05, 4.69) is 44.8 Å². The first-order valence-electron chi connectivity index (χ1n) is 7.28. The van der Waals surface area contributed by atoms with Crippen LogP contribution >= 0.6 is 0 Å². The minimum atomic E-state index is 0.239. The number of ether oxygens (including phenoxy) is 1. The highest BCUT2D eigenvalue weighted by molar-refractivity contribution is 4.93. The molecule has 1 N–H and O–H groups in total. The second-order valence-corrected chi connectivity index (χ2v) is 7.14. The van der Waals surface area contributed by atoms with E-state index >= 15 is 0 Å². The number of hydrogen-bond acceptors (Lipinski definition) is 3. The van der Waals surface area contributed by atoms with Gasteiger partial charge in [0.1, 0.15) is 0 Å². The van der Waals surface area contributed by atoms with Gasteiger partial charge in [-0.3, -0.25) is 4.90 Å². The fraction of sp³-hybridized carbons (Fsp3) is 1.00. The molecule has 1 aliphatic heterocycles. The maximum absolute atomic E-state index is 5.23. The topological polar surface area (TPSA) is 24.5 Å². The van der Waals surface area contributed by atoms with Crippen molar-refractivity contribution in [2.75, 3.05) is 33.4 Å². The number of piperazine rings is 1. The van der Waals surface area contributed by atoms with Gasteiger partial charge in [0.25, 0.3) is 0 Å². The number of nitrogens with one attached hydrogen (secondary N) is 1. The summed E-state index contributed by atoms with van der Waals surface area (Å²) in [6.45, 7) is 15.9. The van der Waals surface area contributed by atoms with E-state index in [1.807, 2.05) is 0 Å². The third-order valence-electron chi connectivity index (χ3n) is 4.02. The molecule has 0 bridgehead atoms. The summed E-state index contributed by atoms with van der Waals surface area (Å²) in [4.78, 5) is 2.67. The van der Waals surface area contributed by atoms with E-state index in [1.165, 1.54) is 13.0 Å². The van der Waals surface area contributed by atoms with Crippen LogP contribution in [0, 0.1) is 5.41 Å². The molecule has 3 nitrogen and oxygen atoms in total. The lowest BCUT2D eigenvalue weighted by Gasteiger charge is -2.47. The van der Waals surface area contributed by atoms with Crippen LogP contribution in [0.3, 0.4) is 0 Å². The number of nitrogens with zero attached hydrogens (tertiary/aromatic N) is 1. The number of methoxy groups -OCH3 is 1. The molecule has 1 unspecified atom stereocenters. The van der Waals surface area contributed by atoms with Crippen molar-refractivity contribution in [3.63, 3.8) is 0 Å². The molecular weight excluding hydrogens is 224 g/mol. The zero-order valence-electron chi connectivity index (χ0n) is 13.2. The summed E-state index contributed by atoms with van der Waals surface area (Å²) in [5.41, 5.74) is 0.569. The highest BCUT2D eigenvalue weighted by atomic mass is 16.5. The maximum Gasteiger partial charge on any atom is 0.0467 e. The van der Waals surface area contributed by atoms with Crippen LogP contribution in [-0.2, 0) is 4.74 Å². The summed E-state index contributed by atoms with van der Waals surface area (Å²) in [6, 6.07) is 0.680. The number of hydrogen-bond donors (Lipinski definition) is 1.